The number of carbonyl (C=O) groups excluding carboxylic acids is 4. The van der Waals surface area contributed by atoms with Gasteiger partial charge in [0, 0.05) is 103 Å². The summed E-state index contributed by atoms with van der Waals surface area (Å²) in [6.45, 7) is 19.3. The molecule has 2 fully saturated rings. The lowest BCUT2D eigenvalue weighted by molar-refractivity contribution is 0.100. The predicted octanol–water partition coefficient (Wildman–Crippen LogP) is 11.9. The van der Waals surface area contributed by atoms with E-state index in [0.29, 0.717) is 0 Å². The Labute approximate surface area is 571 Å². The maximum atomic E-state index is 11.6. The Kier molecular flexibility index (Phi) is 23.4. The van der Waals surface area contributed by atoms with Gasteiger partial charge in [-0.1, -0.05) is 55.0 Å². The number of aromatic nitrogens is 8. The first-order valence-electron chi connectivity index (χ1n) is 34.7. The number of unbranched alkanes of at least 4 members (excludes halogenated alkanes) is 1. The molecule has 0 bridgehead atoms. The van der Waals surface area contributed by atoms with Crippen LogP contribution in [0, 0.1) is 0 Å². The molecule has 4 aliphatic carbocycles. The molecule has 2 saturated heterocycles. The number of nitrogens with one attached hydrogen (secondary N) is 4. The minimum atomic E-state index is 0.0918. The zero-order valence-electron chi connectivity index (χ0n) is 57.9. The van der Waals surface area contributed by atoms with Crippen molar-refractivity contribution in [1.82, 2.24) is 59.5 Å². The van der Waals surface area contributed by atoms with Crippen molar-refractivity contribution in [3.8, 4) is 44.5 Å². The summed E-state index contributed by atoms with van der Waals surface area (Å²) in [5, 5.41) is 13.9. The fraction of sp³-hybridized carbons (Fsp3) is 0.429. The monoisotopic (exact) mass is 1310 g/mol. The van der Waals surface area contributed by atoms with Gasteiger partial charge in [-0.2, -0.15) is 0 Å². The number of fused-ring (bicyclic) bond motifs is 12. The largest absolute Gasteiger partial charge is 0.369 e. The van der Waals surface area contributed by atoms with E-state index in [1.807, 2.05) is 86.9 Å². The molecule has 0 radical (unpaired) electrons. The summed E-state index contributed by atoms with van der Waals surface area (Å²) in [5.41, 5.74) is 20.8. The molecule has 2 aliphatic heterocycles. The fourth-order valence-electron chi connectivity index (χ4n) is 13.8. The highest BCUT2D eigenvalue weighted by molar-refractivity contribution is 5.99. The van der Waals surface area contributed by atoms with E-state index in [2.05, 4.69) is 94.8 Å². The van der Waals surface area contributed by atoms with Crippen LogP contribution in [-0.4, -0.2) is 189 Å². The third kappa shape index (κ3) is 17.4. The molecule has 8 aromatic rings. The summed E-state index contributed by atoms with van der Waals surface area (Å²) >= 11 is 0. The van der Waals surface area contributed by atoms with Crippen LogP contribution < -0.4 is 21.3 Å². The van der Waals surface area contributed by atoms with Crippen molar-refractivity contribution in [2.75, 3.05) is 128 Å². The third-order valence-corrected chi connectivity index (χ3v) is 19.0. The second-order valence-corrected chi connectivity index (χ2v) is 26.8. The van der Waals surface area contributed by atoms with E-state index in [1.54, 1.807) is 53.0 Å². The van der Waals surface area contributed by atoms with E-state index in [9.17, 15) is 19.2 Å². The highest BCUT2D eigenvalue weighted by Crippen LogP contribution is 2.43. The van der Waals surface area contributed by atoms with Gasteiger partial charge in [-0.05, 0) is 222 Å². The highest BCUT2D eigenvalue weighted by Gasteiger charge is 2.29. The van der Waals surface area contributed by atoms with Gasteiger partial charge < -0.3 is 40.9 Å². The van der Waals surface area contributed by atoms with Crippen LogP contribution in [0.15, 0.2) is 98.1 Å². The van der Waals surface area contributed by atoms with Gasteiger partial charge in [-0.15, -0.1) is 0 Å². The van der Waals surface area contributed by atoms with Crippen molar-refractivity contribution >= 4 is 46.4 Å². The maximum absolute atomic E-state index is 11.6. The van der Waals surface area contributed by atoms with Gasteiger partial charge in [-0.3, -0.25) is 19.2 Å². The molecule has 506 valence electrons. The predicted molar refractivity (Wildman–Crippen MR) is 387 cm³/mol. The molecule has 0 spiro atoms. The molecule has 20 nitrogen and oxygen atoms in total. The summed E-state index contributed by atoms with van der Waals surface area (Å²) in [7, 11) is 8.28. The second kappa shape index (κ2) is 32.8. The normalized spacial score (nSPS) is 14.2. The standard InChI is InChI=1S/C21H26N4O.C20H24N4O.C19H24N4O.C17H20N4O/c1-15(26)16-6-7-18-17(12-16)13-19-20(18)21(24-14-23-19)22-8-5-11-25-9-3-2-4-10-25;1-14(25)15-5-6-17-16(11-15)12-18-19(17)20(23-13-22-18)21-7-4-10-24-8-2-3-9-24;1-13(24)14-6-7-16-15(10-14)11-17-18(16)19(22-12-21-17)20-8-4-5-9-23(2)3;1-11(22)12-4-5-14-13(8-12)9-15-16(14)17(20-10-19-15)18-6-7-21(2)3/h6-7,12,14H,2-5,8-11,13H2,1H3,(H,22,23,24);5-6,11,13H,2-4,7-10,12H2,1H3,(H,21,22,23);6-7,10,12H,4-5,8-9,11H2,1-3H3,(H,20,21,22);4-5,8,10H,6-7,9H2,1-3H3,(H,18,19,20). The number of benzene rings is 4. The average Bonchev–Trinajstić information content (AvgIpc) is 1.66. The number of hydrogen-bond donors (Lipinski definition) is 4. The fourth-order valence-corrected chi connectivity index (χ4v) is 13.8. The van der Waals surface area contributed by atoms with Crippen LogP contribution >= 0.6 is 0 Å². The third-order valence-electron chi connectivity index (χ3n) is 19.0. The molecular formula is C77H94N16O4. The Balaban J connectivity index is 0.000000131. The number of ketones is 4. The zero-order chi connectivity index (χ0) is 68.0. The van der Waals surface area contributed by atoms with Gasteiger partial charge in [0.2, 0.25) is 0 Å². The van der Waals surface area contributed by atoms with Crippen molar-refractivity contribution in [3.63, 3.8) is 0 Å². The maximum Gasteiger partial charge on any atom is 0.159 e. The first-order valence-corrected chi connectivity index (χ1v) is 34.7. The van der Waals surface area contributed by atoms with Crippen LogP contribution in [0.3, 0.4) is 0 Å². The van der Waals surface area contributed by atoms with Crippen molar-refractivity contribution in [2.45, 2.75) is 111 Å². The number of nitrogens with zero attached hydrogens (tertiary/aromatic N) is 12. The number of likely N-dealkylation sites (tertiary alicyclic amines) is 2. The van der Waals surface area contributed by atoms with E-state index in [0.717, 1.165) is 228 Å². The quantitative estimate of drug-likeness (QED) is 0.0325. The van der Waals surface area contributed by atoms with E-state index < -0.39 is 0 Å². The number of rotatable bonds is 24. The summed E-state index contributed by atoms with van der Waals surface area (Å²) in [6, 6.07) is 23.7. The molecule has 6 heterocycles. The molecule has 0 unspecified atom stereocenters. The van der Waals surface area contributed by atoms with Crippen LogP contribution in [0.4, 0.5) is 23.3 Å². The first kappa shape index (κ1) is 69.3. The lowest BCUT2D eigenvalue weighted by Crippen LogP contribution is -2.31. The van der Waals surface area contributed by atoms with Gasteiger partial charge in [0.1, 0.15) is 48.6 Å². The molecule has 6 aliphatic rings. The van der Waals surface area contributed by atoms with Gasteiger partial charge >= 0.3 is 0 Å². The van der Waals surface area contributed by atoms with Gasteiger partial charge in [0.05, 0.1) is 22.8 Å². The van der Waals surface area contributed by atoms with E-state index in [-0.39, 0.29) is 23.1 Å². The Bertz CT molecular complexity index is 4140. The summed E-state index contributed by atoms with van der Waals surface area (Å²) in [4.78, 5) is 91.4. The van der Waals surface area contributed by atoms with Gasteiger partial charge in [-0.25, -0.2) is 39.9 Å². The molecular weight excluding hydrogens is 1210 g/mol. The summed E-state index contributed by atoms with van der Waals surface area (Å²) in [6.07, 6.45) is 20.8. The van der Waals surface area contributed by atoms with E-state index >= 15 is 0 Å². The Morgan fingerprint density at radius 3 is 0.948 bits per heavy atom. The number of Topliss-reactive ketones (excluding diaryl/α,β-unsaturated/α-hetero) is 4. The van der Waals surface area contributed by atoms with Crippen molar-refractivity contribution < 1.29 is 19.2 Å². The van der Waals surface area contributed by atoms with Crippen LogP contribution in [0.1, 0.15) is 172 Å². The van der Waals surface area contributed by atoms with Crippen LogP contribution in [0.5, 0.6) is 0 Å². The molecule has 0 atom stereocenters. The number of piperidine rings is 1. The second-order valence-electron chi connectivity index (χ2n) is 26.8. The lowest BCUT2D eigenvalue weighted by atomic mass is 10.0. The minimum absolute atomic E-state index is 0.0918. The van der Waals surface area contributed by atoms with E-state index in [1.165, 1.54) is 69.4 Å². The summed E-state index contributed by atoms with van der Waals surface area (Å²) < 4.78 is 0. The van der Waals surface area contributed by atoms with E-state index in [4.69, 9.17) is 0 Å². The van der Waals surface area contributed by atoms with Crippen LogP contribution in [0.2, 0.25) is 0 Å². The average molecular weight is 1310 g/mol. The Morgan fingerprint density at radius 2 is 0.649 bits per heavy atom. The van der Waals surface area contributed by atoms with Crippen molar-refractivity contribution in [2.24, 2.45) is 0 Å². The van der Waals surface area contributed by atoms with Crippen molar-refractivity contribution in [3.05, 3.63) is 165 Å². The molecule has 4 aromatic carbocycles. The zero-order valence-corrected chi connectivity index (χ0v) is 57.9. The van der Waals surface area contributed by atoms with Gasteiger partial charge in [0.25, 0.3) is 0 Å². The molecule has 4 N–H and O–H groups in total. The van der Waals surface area contributed by atoms with Gasteiger partial charge in [0.15, 0.2) is 23.1 Å². The molecule has 14 rings (SSSR count). The SMILES string of the molecule is CC(=O)c1ccc2c(c1)Cc1ncnc(NCCCCN(C)C)c1-2.CC(=O)c1ccc2c(c1)Cc1ncnc(NCCCN3CCCC3)c1-2.CC(=O)c1ccc2c(c1)Cc1ncnc(NCCCN3CCCCC3)c1-2.CC(=O)c1ccc2c(c1)Cc1ncnc(NCCN(C)C)c1-2. The molecule has 97 heavy (non-hydrogen) atoms. The van der Waals surface area contributed by atoms with Crippen molar-refractivity contribution in [1.29, 1.82) is 0 Å². The topological polar surface area (TPSA) is 232 Å². The summed E-state index contributed by atoms with van der Waals surface area (Å²) in [5.74, 6) is 4.01. The number of anilines is 4. The molecule has 0 amide bonds. The Morgan fingerprint density at radius 1 is 0.361 bits per heavy atom. The molecule has 4 aromatic heterocycles. The van der Waals surface area contributed by atoms with Crippen LogP contribution in [0.25, 0.3) is 44.5 Å². The lowest BCUT2D eigenvalue weighted by Gasteiger charge is -2.26. The number of likely N-dealkylation sites (N-methyl/N-ethyl adjacent to an activating group) is 1. The van der Waals surface area contributed by atoms with Crippen LogP contribution in [-0.2, 0) is 25.7 Å². The highest BCUT2D eigenvalue weighted by atomic mass is 16.1. The number of hydrogen-bond acceptors (Lipinski definition) is 20. The molecule has 0 saturated carbocycles. The minimum Gasteiger partial charge on any atom is -0.369 e. The Hall–Kier alpha value is -9.08. The smallest absolute Gasteiger partial charge is 0.159 e. The number of carbonyl (C=O) groups is 4. The first-order chi connectivity index (χ1) is 47.1. The molecule has 20 heteroatoms.